The second-order valence-electron chi connectivity index (χ2n) is 6.54. The zero-order chi connectivity index (χ0) is 22.5. The number of nitro benzene ring substituents is 1. The van der Waals surface area contributed by atoms with Crippen molar-refractivity contribution in [1.82, 2.24) is 9.55 Å². The van der Waals surface area contributed by atoms with E-state index in [1.54, 1.807) is 12.1 Å². The summed E-state index contributed by atoms with van der Waals surface area (Å²) >= 11 is 5.76. The standard InChI is InChI=1S/C20H19ClN4O6/c1-30-17-9-13-15(10-18(17)31-2)22-11-24(20(13)27)7-3-4-19(26)23-12-5-6-14(21)16(8-12)25(28)29/h5-6,8-11H,3-4,7H2,1-2H3,(H,23,26). The fourth-order valence-electron chi connectivity index (χ4n) is 3.01. The molecule has 1 aromatic heterocycles. The normalized spacial score (nSPS) is 10.7. The predicted molar refractivity (Wildman–Crippen MR) is 115 cm³/mol. The highest BCUT2D eigenvalue weighted by Gasteiger charge is 2.14. The van der Waals surface area contributed by atoms with Gasteiger partial charge in [0, 0.05) is 30.8 Å². The van der Waals surface area contributed by atoms with Crippen LogP contribution in [0.1, 0.15) is 12.8 Å². The van der Waals surface area contributed by atoms with Crippen molar-refractivity contribution < 1.29 is 19.2 Å². The molecule has 31 heavy (non-hydrogen) atoms. The predicted octanol–water partition coefficient (Wildman–Crippen LogP) is 3.39. The lowest BCUT2D eigenvalue weighted by Crippen LogP contribution is -2.22. The number of rotatable bonds is 8. The number of nitrogens with zero attached hydrogens (tertiary/aromatic N) is 3. The molecule has 0 aliphatic rings. The summed E-state index contributed by atoms with van der Waals surface area (Å²) in [5, 5.41) is 13.9. The summed E-state index contributed by atoms with van der Waals surface area (Å²) in [6.07, 6.45) is 1.88. The van der Waals surface area contributed by atoms with Crippen LogP contribution in [0, 0.1) is 10.1 Å². The maximum absolute atomic E-state index is 12.7. The monoisotopic (exact) mass is 446 g/mol. The molecule has 0 spiro atoms. The van der Waals surface area contributed by atoms with E-state index in [0.29, 0.717) is 28.8 Å². The van der Waals surface area contributed by atoms with Crippen LogP contribution in [0.2, 0.25) is 5.02 Å². The number of nitrogens with one attached hydrogen (secondary N) is 1. The van der Waals surface area contributed by atoms with Crippen LogP contribution in [0.4, 0.5) is 11.4 Å². The van der Waals surface area contributed by atoms with Gasteiger partial charge in [-0.1, -0.05) is 11.6 Å². The Morgan fingerprint density at radius 2 is 1.94 bits per heavy atom. The molecule has 1 heterocycles. The van der Waals surface area contributed by atoms with Crippen molar-refractivity contribution in [1.29, 1.82) is 0 Å². The number of fused-ring (bicyclic) bond motifs is 1. The minimum absolute atomic E-state index is 0.0135. The number of ether oxygens (including phenoxy) is 2. The molecule has 2 aromatic carbocycles. The van der Waals surface area contributed by atoms with Crippen LogP contribution in [0.3, 0.4) is 0 Å². The molecule has 3 aromatic rings. The molecule has 3 rings (SSSR count). The Labute approximate surface area is 181 Å². The second kappa shape index (κ2) is 9.43. The van der Waals surface area contributed by atoms with Gasteiger partial charge in [0.15, 0.2) is 11.5 Å². The Bertz CT molecular complexity index is 1210. The topological polar surface area (TPSA) is 126 Å². The zero-order valence-corrected chi connectivity index (χ0v) is 17.5. The third kappa shape index (κ3) is 4.92. The summed E-state index contributed by atoms with van der Waals surface area (Å²) in [4.78, 5) is 39.5. The Kier molecular flexibility index (Phi) is 6.71. The fraction of sp³-hybridized carbons (Fsp3) is 0.250. The summed E-state index contributed by atoms with van der Waals surface area (Å²) in [7, 11) is 2.98. The molecule has 0 aliphatic carbocycles. The number of hydrogen-bond donors (Lipinski definition) is 1. The summed E-state index contributed by atoms with van der Waals surface area (Å²) < 4.78 is 11.9. The molecule has 1 amide bonds. The number of halogens is 1. The molecule has 10 nitrogen and oxygen atoms in total. The van der Waals surface area contributed by atoms with Gasteiger partial charge in [-0.05, 0) is 24.6 Å². The molecule has 1 N–H and O–H groups in total. The molecule has 0 atom stereocenters. The summed E-state index contributed by atoms with van der Waals surface area (Å²) in [6.45, 7) is 0.268. The van der Waals surface area contributed by atoms with E-state index >= 15 is 0 Å². The molecule has 0 saturated heterocycles. The van der Waals surface area contributed by atoms with Crippen LogP contribution in [0.25, 0.3) is 10.9 Å². The molecule has 0 aliphatic heterocycles. The smallest absolute Gasteiger partial charge is 0.289 e. The average Bonchev–Trinajstić information content (AvgIpc) is 2.75. The lowest BCUT2D eigenvalue weighted by Gasteiger charge is -2.10. The van der Waals surface area contributed by atoms with E-state index in [1.807, 2.05) is 0 Å². The Balaban J connectivity index is 1.67. The molecule has 0 unspecified atom stereocenters. The van der Waals surface area contributed by atoms with Crippen molar-refractivity contribution in [3.8, 4) is 11.5 Å². The van der Waals surface area contributed by atoms with Crippen molar-refractivity contribution in [3.63, 3.8) is 0 Å². The third-order valence-corrected chi connectivity index (χ3v) is 4.88. The molecule has 11 heteroatoms. The SMILES string of the molecule is COc1cc2ncn(CCCC(=O)Nc3ccc(Cl)c([N+](=O)[O-])c3)c(=O)c2cc1OC. The van der Waals surface area contributed by atoms with Crippen LogP contribution >= 0.6 is 11.6 Å². The highest BCUT2D eigenvalue weighted by molar-refractivity contribution is 6.32. The molecule has 0 fully saturated rings. The lowest BCUT2D eigenvalue weighted by atomic mass is 10.2. The van der Waals surface area contributed by atoms with E-state index < -0.39 is 4.92 Å². The summed E-state index contributed by atoms with van der Waals surface area (Å²) in [6, 6.07) is 7.21. The number of amides is 1. The van der Waals surface area contributed by atoms with E-state index in [0.717, 1.165) is 0 Å². The minimum Gasteiger partial charge on any atom is -0.493 e. The Hall–Kier alpha value is -3.66. The number of anilines is 1. The number of benzene rings is 2. The van der Waals surface area contributed by atoms with E-state index in [9.17, 15) is 19.7 Å². The van der Waals surface area contributed by atoms with Gasteiger partial charge >= 0.3 is 0 Å². The summed E-state index contributed by atoms with van der Waals surface area (Å²) in [5.41, 5.74) is 0.188. The van der Waals surface area contributed by atoms with Gasteiger partial charge < -0.3 is 14.8 Å². The lowest BCUT2D eigenvalue weighted by molar-refractivity contribution is -0.384. The van der Waals surface area contributed by atoms with Gasteiger partial charge in [-0.15, -0.1) is 0 Å². The van der Waals surface area contributed by atoms with Crippen LogP contribution in [-0.2, 0) is 11.3 Å². The van der Waals surface area contributed by atoms with Crippen molar-refractivity contribution >= 4 is 39.8 Å². The maximum Gasteiger partial charge on any atom is 0.289 e. The first-order valence-corrected chi connectivity index (χ1v) is 9.56. The molecule has 0 saturated carbocycles. The van der Waals surface area contributed by atoms with Gasteiger partial charge in [-0.3, -0.25) is 24.3 Å². The van der Waals surface area contributed by atoms with Crippen LogP contribution in [-0.4, -0.2) is 34.6 Å². The first-order chi connectivity index (χ1) is 14.8. The van der Waals surface area contributed by atoms with Gasteiger partial charge in [0.25, 0.3) is 11.2 Å². The van der Waals surface area contributed by atoms with Crippen LogP contribution in [0.5, 0.6) is 11.5 Å². The third-order valence-electron chi connectivity index (χ3n) is 4.56. The molecular formula is C20H19ClN4O6. The first kappa shape index (κ1) is 22.0. The highest BCUT2D eigenvalue weighted by atomic mass is 35.5. The number of nitro groups is 1. The first-order valence-electron chi connectivity index (χ1n) is 9.19. The molecule has 162 valence electrons. The maximum atomic E-state index is 12.7. The minimum atomic E-state index is -0.623. The number of carbonyl (C=O) groups is 1. The number of carbonyl (C=O) groups excluding carboxylic acids is 1. The molecule has 0 bridgehead atoms. The summed E-state index contributed by atoms with van der Waals surface area (Å²) in [5.74, 6) is 0.548. The highest BCUT2D eigenvalue weighted by Crippen LogP contribution is 2.30. The number of aromatic nitrogens is 2. The van der Waals surface area contributed by atoms with Gasteiger partial charge in [0.05, 0.1) is 36.4 Å². The Morgan fingerprint density at radius 3 is 2.61 bits per heavy atom. The number of hydrogen-bond acceptors (Lipinski definition) is 7. The molecule has 0 radical (unpaired) electrons. The van der Waals surface area contributed by atoms with Crippen molar-refractivity contribution in [3.05, 3.63) is 62.1 Å². The number of methoxy groups -OCH3 is 2. The average molecular weight is 447 g/mol. The van der Waals surface area contributed by atoms with E-state index in [1.165, 1.54) is 43.3 Å². The van der Waals surface area contributed by atoms with Crippen molar-refractivity contribution in [2.45, 2.75) is 19.4 Å². The fourth-order valence-corrected chi connectivity index (χ4v) is 3.20. The van der Waals surface area contributed by atoms with E-state index in [4.69, 9.17) is 21.1 Å². The van der Waals surface area contributed by atoms with Crippen LogP contribution < -0.4 is 20.3 Å². The van der Waals surface area contributed by atoms with E-state index in [-0.39, 0.29) is 40.8 Å². The Morgan fingerprint density at radius 1 is 1.23 bits per heavy atom. The largest absolute Gasteiger partial charge is 0.493 e. The van der Waals surface area contributed by atoms with Crippen molar-refractivity contribution in [2.24, 2.45) is 0 Å². The van der Waals surface area contributed by atoms with E-state index in [2.05, 4.69) is 10.3 Å². The second-order valence-corrected chi connectivity index (χ2v) is 6.95. The van der Waals surface area contributed by atoms with Gasteiger partial charge in [0.2, 0.25) is 5.91 Å². The molecular weight excluding hydrogens is 428 g/mol. The van der Waals surface area contributed by atoms with Gasteiger partial charge in [-0.2, -0.15) is 0 Å². The number of aryl methyl sites for hydroxylation is 1. The van der Waals surface area contributed by atoms with Crippen molar-refractivity contribution in [2.75, 3.05) is 19.5 Å². The quantitative estimate of drug-likeness (QED) is 0.415. The van der Waals surface area contributed by atoms with Gasteiger partial charge in [0.1, 0.15) is 5.02 Å². The van der Waals surface area contributed by atoms with Gasteiger partial charge in [-0.25, -0.2) is 4.98 Å². The van der Waals surface area contributed by atoms with Crippen LogP contribution in [0.15, 0.2) is 41.5 Å². The zero-order valence-electron chi connectivity index (χ0n) is 16.8.